The first-order valence-electron chi connectivity index (χ1n) is 16.6. The van der Waals surface area contributed by atoms with E-state index in [2.05, 4.69) is 5.32 Å². The van der Waals surface area contributed by atoms with E-state index in [9.17, 15) is 14.7 Å². The highest BCUT2D eigenvalue weighted by molar-refractivity contribution is 6.30. The van der Waals surface area contributed by atoms with Gasteiger partial charge < -0.3 is 25.8 Å². The number of benzene rings is 3. The number of nitrogens with zero attached hydrogens (tertiary/aromatic N) is 1. The Morgan fingerprint density at radius 3 is 2.06 bits per heavy atom. The molecule has 3 unspecified atom stereocenters. The van der Waals surface area contributed by atoms with Gasteiger partial charge in [-0.1, -0.05) is 79.4 Å². The van der Waals surface area contributed by atoms with Gasteiger partial charge in [0.1, 0.15) is 5.75 Å². The van der Waals surface area contributed by atoms with Crippen LogP contribution in [0.15, 0.2) is 72.8 Å². The maximum atomic E-state index is 16.5. The molecule has 2 saturated heterocycles. The lowest BCUT2D eigenvalue weighted by atomic mass is 9.90. The summed E-state index contributed by atoms with van der Waals surface area (Å²) in [6.45, 7) is 0.603. The Labute approximate surface area is 279 Å². The lowest BCUT2D eigenvalue weighted by Gasteiger charge is -2.41. The zero-order valence-electron chi connectivity index (χ0n) is 26.3. The number of fused-ring (bicyclic) bond motifs is 2. The van der Waals surface area contributed by atoms with Crippen LogP contribution in [0.1, 0.15) is 75.0 Å². The van der Waals surface area contributed by atoms with Crippen molar-refractivity contribution in [1.29, 1.82) is 0 Å². The summed E-state index contributed by atoms with van der Waals surface area (Å²) in [7, 11) is 0. The largest absolute Gasteiger partial charge is 0.493 e. The molecule has 3 aliphatic rings. The summed E-state index contributed by atoms with van der Waals surface area (Å²) in [5.74, 6) is -4.63. The number of carbonyl (C=O) groups excluding carboxylic acids is 2. The highest BCUT2D eigenvalue weighted by atomic mass is 35.5. The van der Waals surface area contributed by atoms with Crippen molar-refractivity contribution in [3.63, 3.8) is 0 Å². The van der Waals surface area contributed by atoms with E-state index in [1.54, 1.807) is 48.5 Å². The molecule has 3 fully saturated rings. The molecule has 3 aromatic carbocycles. The van der Waals surface area contributed by atoms with Crippen molar-refractivity contribution in [3.8, 4) is 16.9 Å². The van der Waals surface area contributed by atoms with Gasteiger partial charge in [0.2, 0.25) is 0 Å². The molecular formula is C37H42ClF2N3O4. The summed E-state index contributed by atoms with van der Waals surface area (Å²) in [6, 6.07) is 16.1. The van der Waals surface area contributed by atoms with Crippen LogP contribution in [0, 0.1) is 5.92 Å². The lowest BCUT2D eigenvalue weighted by molar-refractivity contribution is -0.155. The Bertz CT molecular complexity index is 1520. The van der Waals surface area contributed by atoms with Crippen molar-refractivity contribution in [2.75, 3.05) is 6.61 Å². The molecule has 2 bridgehead atoms. The Morgan fingerprint density at radius 1 is 0.894 bits per heavy atom. The summed E-state index contributed by atoms with van der Waals surface area (Å²) in [5, 5.41) is 13.8. The van der Waals surface area contributed by atoms with E-state index < -0.39 is 35.4 Å². The average Bonchev–Trinajstić information content (AvgIpc) is 3.36. The monoisotopic (exact) mass is 665 g/mol. The number of alkyl halides is 2. The fraction of sp³-hybridized carbons (Fsp3) is 0.459. The van der Waals surface area contributed by atoms with E-state index >= 15 is 8.78 Å². The zero-order valence-corrected chi connectivity index (χ0v) is 27.0. The molecule has 2 aliphatic heterocycles. The van der Waals surface area contributed by atoms with Gasteiger partial charge in [-0.3, -0.25) is 9.59 Å². The van der Waals surface area contributed by atoms with E-state index in [1.807, 2.05) is 0 Å². The third-order valence-electron chi connectivity index (χ3n) is 10.0. The highest BCUT2D eigenvalue weighted by Crippen LogP contribution is 2.40. The molecule has 0 aromatic heterocycles. The van der Waals surface area contributed by atoms with E-state index in [0.29, 0.717) is 54.5 Å². The predicted molar refractivity (Wildman–Crippen MR) is 177 cm³/mol. The minimum atomic E-state index is -3.79. The van der Waals surface area contributed by atoms with Crippen molar-refractivity contribution in [2.45, 2.75) is 94.0 Å². The minimum absolute atomic E-state index is 0.109. The van der Waals surface area contributed by atoms with E-state index in [0.717, 1.165) is 18.4 Å². The SMILES string of the molecule is NC1CC2CCC(C1)N2C(=O)[C@H](NC(=O)C(O)c1ccc(OCC2CCCCC2)cc1)C(F)(F)c1ccc(-c2ccc(Cl)cc2)cc1. The topological polar surface area (TPSA) is 105 Å². The smallest absolute Gasteiger partial charge is 0.302 e. The number of aliphatic hydroxyl groups is 1. The lowest BCUT2D eigenvalue weighted by Crippen LogP contribution is -2.61. The van der Waals surface area contributed by atoms with Crippen LogP contribution in [0.2, 0.25) is 5.02 Å². The number of ether oxygens (including phenoxy) is 1. The quantitative estimate of drug-likeness (QED) is 0.222. The molecule has 2 amide bonds. The fourth-order valence-electron chi connectivity index (χ4n) is 7.42. The Hall–Kier alpha value is -3.53. The summed E-state index contributed by atoms with van der Waals surface area (Å²) in [5.41, 5.74) is 7.45. The predicted octanol–water partition coefficient (Wildman–Crippen LogP) is 6.76. The van der Waals surface area contributed by atoms with Crippen molar-refractivity contribution >= 4 is 23.4 Å². The van der Waals surface area contributed by atoms with Crippen LogP contribution in [-0.4, -0.2) is 52.6 Å². The van der Waals surface area contributed by atoms with E-state index in [4.69, 9.17) is 22.1 Å². The zero-order chi connectivity index (χ0) is 33.1. The number of nitrogens with two attached hydrogens (primary N) is 1. The molecule has 0 spiro atoms. The van der Waals surface area contributed by atoms with Crippen LogP contribution in [0.4, 0.5) is 8.78 Å². The van der Waals surface area contributed by atoms with Gasteiger partial charge in [0.05, 0.1) is 6.61 Å². The molecule has 0 radical (unpaired) electrons. The Morgan fingerprint density at radius 2 is 1.47 bits per heavy atom. The second-order valence-corrected chi connectivity index (χ2v) is 13.7. The van der Waals surface area contributed by atoms with Crippen LogP contribution in [0.3, 0.4) is 0 Å². The van der Waals surface area contributed by atoms with Crippen molar-refractivity contribution in [3.05, 3.63) is 88.9 Å². The Kier molecular flexibility index (Phi) is 10.2. The fourth-order valence-corrected chi connectivity index (χ4v) is 7.54. The molecule has 1 aliphatic carbocycles. The molecule has 10 heteroatoms. The third-order valence-corrected chi connectivity index (χ3v) is 10.3. The van der Waals surface area contributed by atoms with Crippen LogP contribution in [0.25, 0.3) is 11.1 Å². The second kappa shape index (κ2) is 14.3. The number of hydrogen-bond acceptors (Lipinski definition) is 5. The molecule has 1 saturated carbocycles. The van der Waals surface area contributed by atoms with Gasteiger partial charge in [0, 0.05) is 28.7 Å². The maximum Gasteiger partial charge on any atom is 0.302 e. The highest BCUT2D eigenvalue weighted by Gasteiger charge is 2.53. The molecule has 6 rings (SSSR count). The Balaban J connectivity index is 1.21. The van der Waals surface area contributed by atoms with Crippen LogP contribution in [0.5, 0.6) is 5.75 Å². The number of nitrogens with one attached hydrogen (secondary N) is 1. The van der Waals surface area contributed by atoms with Crippen molar-refractivity contribution in [1.82, 2.24) is 10.2 Å². The molecular weight excluding hydrogens is 624 g/mol. The number of piperidine rings is 1. The molecule has 3 aromatic rings. The first kappa shape index (κ1) is 33.4. The van der Waals surface area contributed by atoms with Gasteiger partial charge in [-0.15, -0.1) is 0 Å². The molecule has 4 atom stereocenters. The standard InChI is InChI=1S/C37H42ClF2N3O4/c38-28-14-8-25(9-15-28)24-6-12-27(13-7-24)37(39,40)34(36(46)43-30-16-17-31(43)21-29(41)20-30)42-35(45)33(44)26-10-18-32(19-11-26)47-22-23-4-2-1-3-5-23/h6-15,18-19,23,29-31,33-34,44H,1-5,16-17,20-22,41H2,(H,42,45)/t29?,30?,31?,33?,34-/m0/s1. The van der Waals surface area contributed by atoms with Gasteiger partial charge in [-0.05, 0) is 85.4 Å². The number of rotatable bonds is 10. The third kappa shape index (κ3) is 7.47. The number of amides is 2. The van der Waals surface area contributed by atoms with Crippen molar-refractivity contribution < 1.29 is 28.2 Å². The number of halogens is 3. The van der Waals surface area contributed by atoms with Crippen LogP contribution in [-0.2, 0) is 15.5 Å². The molecule has 2 heterocycles. The minimum Gasteiger partial charge on any atom is -0.493 e. The van der Waals surface area contributed by atoms with Crippen LogP contribution < -0.4 is 15.8 Å². The molecule has 250 valence electrons. The van der Waals surface area contributed by atoms with Crippen LogP contribution >= 0.6 is 11.6 Å². The number of aliphatic hydroxyl groups excluding tert-OH is 1. The number of hydrogen-bond donors (Lipinski definition) is 3. The first-order valence-corrected chi connectivity index (χ1v) is 17.0. The van der Waals surface area contributed by atoms with Gasteiger partial charge in [0.15, 0.2) is 12.1 Å². The maximum absolute atomic E-state index is 16.5. The van der Waals surface area contributed by atoms with Gasteiger partial charge >= 0.3 is 5.92 Å². The second-order valence-electron chi connectivity index (χ2n) is 13.3. The number of carbonyl (C=O) groups is 2. The van der Waals surface area contributed by atoms with Crippen molar-refractivity contribution in [2.24, 2.45) is 11.7 Å². The normalized spacial score (nSPS) is 22.8. The molecule has 47 heavy (non-hydrogen) atoms. The van der Waals surface area contributed by atoms with E-state index in [-0.39, 0.29) is 23.7 Å². The molecule has 7 nitrogen and oxygen atoms in total. The summed E-state index contributed by atoms with van der Waals surface area (Å²) < 4.78 is 38.9. The summed E-state index contributed by atoms with van der Waals surface area (Å²) >= 11 is 5.99. The summed E-state index contributed by atoms with van der Waals surface area (Å²) in [4.78, 5) is 28.9. The van der Waals surface area contributed by atoms with Gasteiger partial charge in [0.25, 0.3) is 11.8 Å². The van der Waals surface area contributed by atoms with Gasteiger partial charge in [-0.25, -0.2) is 0 Å². The van der Waals surface area contributed by atoms with E-state index in [1.165, 1.54) is 48.4 Å². The average molecular weight is 666 g/mol. The summed E-state index contributed by atoms with van der Waals surface area (Å²) in [6.07, 6.45) is 6.55. The molecule has 4 N–H and O–H groups in total. The first-order chi connectivity index (χ1) is 22.6. The van der Waals surface area contributed by atoms with Gasteiger partial charge in [-0.2, -0.15) is 8.78 Å².